The number of fused-ring (bicyclic) bond motifs is 1. The van der Waals surface area contributed by atoms with E-state index in [-0.39, 0.29) is 38.5 Å². The van der Waals surface area contributed by atoms with Crippen LogP contribution in [0.4, 0.5) is 0 Å². The number of hydrogen-bond donors (Lipinski definition) is 10. The molecule has 3 aromatic carbocycles. The van der Waals surface area contributed by atoms with Crippen LogP contribution in [0.1, 0.15) is 69.6 Å². The molecule has 8 amide bonds. The van der Waals surface area contributed by atoms with Gasteiger partial charge in [-0.05, 0) is 41.5 Å². The Morgan fingerprint density at radius 1 is 0.576 bits per heavy atom. The predicted octanol–water partition coefficient (Wildman–Crippen LogP) is 0.786. The summed E-state index contributed by atoms with van der Waals surface area (Å²) in [5.74, 6) is -8.00. The molecule has 4 aromatic rings. The molecule has 0 saturated heterocycles. The number of H-pyrrole nitrogens is 1. The van der Waals surface area contributed by atoms with E-state index in [2.05, 4.69) is 36.9 Å². The molecule has 1 heterocycles. The lowest BCUT2D eigenvalue weighted by Gasteiger charge is -2.29. The molecule has 0 bridgehead atoms. The number of carboxylic acid groups (broad SMARTS) is 1. The smallest absolute Gasteiger partial charge is 0.303 e. The van der Waals surface area contributed by atoms with Gasteiger partial charge in [0.15, 0.2) is 0 Å². The minimum Gasteiger partial charge on any atom is -0.481 e. The Labute approximate surface area is 382 Å². The molecule has 0 aliphatic heterocycles. The number of primary amides is 2. The molecule has 0 spiro atoms. The second-order valence-electron chi connectivity index (χ2n) is 16.2. The number of aliphatic carboxylic acids is 1. The van der Waals surface area contributed by atoms with E-state index in [4.69, 9.17) is 11.5 Å². The van der Waals surface area contributed by atoms with Gasteiger partial charge < -0.3 is 53.5 Å². The highest BCUT2D eigenvalue weighted by Gasteiger charge is 2.35. The molecular weight excluding hydrogens is 851 g/mol. The van der Waals surface area contributed by atoms with Crippen molar-refractivity contribution in [3.8, 4) is 0 Å². The molecule has 352 valence electrons. The summed E-state index contributed by atoms with van der Waals surface area (Å²) in [6.45, 7) is 4.72. The van der Waals surface area contributed by atoms with Gasteiger partial charge in [0.25, 0.3) is 0 Å². The maximum atomic E-state index is 14.5. The van der Waals surface area contributed by atoms with Gasteiger partial charge in [0, 0.05) is 56.1 Å². The van der Waals surface area contributed by atoms with Gasteiger partial charge in [-0.3, -0.25) is 43.2 Å². The Hall–Kier alpha value is -7.57. The zero-order chi connectivity index (χ0) is 48.3. The van der Waals surface area contributed by atoms with Crippen molar-refractivity contribution >= 4 is 64.1 Å². The lowest BCUT2D eigenvalue weighted by molar-refractivity contribution is -0.138. The first-order valence-electron chi connectivity index (χ1n) is 21.7. The molecule has 0 saturated carbocycles. The van der Waals surface area contributed by atoms with Gasteiger partial charge in [-0.25, -0.2) is 0 Å². The third-order valence-corrected chi connectivity index (χ3v) is 11.0. The largest absolute Gasteiger partial charge is 0.481 e. The number of para-hydroxylation sites is 1. The van der Waals surface area contributed by atoms with Crippen LogP contribution in [-0.2, 0) is 62.4 Å². The molecule has 0 fully saturated rings. The highest BCUT2D eigenvalue weighted by atomic mass is 16.4. The molecule has 19 heteroatoms. The summed E-state index contributed by atoms with van der Waals surface area (Å²) in [6, 6.07) is 16.9. The fourth-order valence-electron chi connectivity index (χ4n) is 7.24. The Kier molecular flexibility index (Phi) is 19.4. The van der Waals surface area contributed by atoms with E-state index in [1.165, 1.54) is 6.92 Å². The molecule has 19 nitrogen and oxygen atoms in total. The zero-order valence-corrected chi connectivity index (χ0v) is 37.1. The molecule has 0 aliphatic rings. The summed E-state index contributed by atoms with van der Waals surface area (Å²) in [5, 5.41) is 25.9. The van der Waals surface area contributed by atoms with E-state index < -0.39 is 102 Å². The van der Waals surface area contributed by atoms with Gasteiger partial charge in [0.1, 0.15) is 36.3 Å². The molecule has 66 heavy (non-hydrogen) atoms. The van der Waals surface area contributed by atoms with Crippen LogP contribution in [0.2, 0.25) is 0 Å². The number of amides is 8. The van der Waals surface area contributed by atoms with Gasteiger partial charge in [-0.1, -0.05) is 99.1 Å². The molecule has 1 aromatic heterocycles. The topological polar surface area (TPSA) is 314 Å². The molecular formula is C47H59N9O10. The van der Waals surface area contributed by atoms with Crippen LogP contribution in [0.3, 0.4) is 0 Å². The van der Waals surface area contributed by atoms with Gasteiger partial charge in [0.2, 0.25) is 47.3 Å². The van der Waals surface area contributed by atoms with Gasteiger partial charge in [0.05, 0.1) is 0 Å². The lowest BCUT2D eigenvalue weighted by atomic mass is 9.96. The number of benzene rings is 3. The van der Waals surface area contributed by atoms with Crippen LogP contribution < -0.4 is 43.4 Å². The predicted molar refractivity (Wildman–Crippen MR) is 244 cm³/mol. The number of aromatic amines is 1. The average molecular weight is 910 g/mol. The van der Waals surface area contributed by atoms with Crippen LogP contribution >= 0.6 is 0 Å². The second kappa shape index (κ2) is 25.1. The zero-order valence-electron chi connectivity index (χ0n) is 37.1. The summed E-state index contributed by atoms with van der Waals surface area (Å²) in [7, 11) is 0. The summed E-state index contributed by atoms with van der Waals surface area (Å²) < 4.78 is 0. The summed E-state index contributed by atoms with van der Waals surface area (Å²) in [6.07, 6.45) is 0.607. The number of carboxylic acids is 1. The average Bonchev–Trinajstić information content (AvgIpc) is 3.69. The first kappa shape index (κ1) is 51.1. The summed E-state index contributed by atoms with van der Waals surface area (Å²) >= 11 is 0. The van der Waals surface area contributed by atoms with Crippen molar-refractivity contribution < 1.29 is 48.3 Å². The maximum absolute atomic E-state index is 14.5. The molecule has 7 atom stereocenters. The highest BCUT2D eigenvalue weighted by molar-refractivity contribution is 5.98. The van der Waals surface area contributed by atoms with Gasteiger partial charge >= 0.3 is 5.97 Å². The van der Waals surface area contributed by atoms with Crippen LogP contribution in [0.25, 0.3) is 10.9 Å². The fourth-order valence-corrected chi connectivity index (χ4v) is 7.24. The van der Waals surface area contributed by atoms with E-state index >= 15 is 0 Å². The van der Waals surface area contributed by atoms with Crippen molar-refractivity contribution in [2.24, 2.45) is 17.4 Å². The molecule has 0 unspecified atom stereocenters. The van der Waals surface area contributed by atoms with Gasteiger partial charge in [-0.2, -0.15) is 0 Å². The standard InChI is InChI=1S/C47H59N9O10/c1-4-27(2)41(56-43(62)35(19-21-39(48)58)53-44(63)36(51-28(3)57)23-29-13-7-5-8-14-29)47(66)55-38(25-31-26-50-33-18-12-11-17-32(31)33)46(65)54-37(24-30-15-9-6-10-16-30)45(64)52-34(42(49)61)20-22-40(59)60/h5-18,26-27,34-38,41,50H,4,19-25H2,1-3H3,(H2,48,58)(H2,49,61)(H,51,57)(H,52,64)(H,53,63)(H,54,65)(H,55,66)(H,56,62)(H,59,60)/t27-,34-,35-,36-,37-,38-,41-/m0/s1. The number of nitrogens with one attached hydrogen (secondary N) is 7. The van der Waals surface area contributed by atoms with Crippen molar-refractivity contribution in [3.05, 3.63) is 108 Å². The molecule has 4 rings (SSSR count). The van der Waals surface area contributed by atoms with E-state index in [0.29, 0.717) is 17.5 Å². The van der Waals surface area contributed by atoms with Crippen molar-refractivity contribution in [1.82, 2.24) is 36.9 Å². The van der Waals surface area contributed by atoms with Crippen molar-refractivity contribution in [3.63, 3.8) is 0 Å². The number of carbonyl (C=O) groups excluding carboxylic acids is 8. The molecule has 0 aliphatic carbocycles. The molecule has 12 N–H and O–H groups in total. The Morgan fingerprint density at radius 3 is 1.58 bits per heavy atom. The highest BCUT2D eigenvalue weighted by Crippen LogP contribution is 2.20. The van der Waals surface area contributed by atoms with Crippen LogP contribution in [0.15, 0.2) is 91.1 Å². The van der Waals surface area contributed by atoms with E-state index in [0.717, 1.165) is 16.5 Å². The first-order valence-corrected chi connectivity index (χ1v) is 21.7. The number of hydrogen-bond acceptors (Lipinski definition) is 9. The van der Waals surface area contributed by atoms with Crippen LogP contribution in [0.5, 0.6) is 0 Å². The van der Waals surface area contributed by atoms with Crippen molar-refractivity contribution in [2.75, 3.05) is 0 Å². The summed E-state index contributed by atoms with van der Waals surface area (Å²) in [4.78, 5) is 121. The van der Waals surface area contributed by atoms with Crippen molar-refractivity contribution in [1.29, 1.82) is 0 Å². The van der Waals surface area contributed by atoms with Crippen molar-refractivity contribution in [2.45, 2.75) is 108 Å². The second-order valence-corrected chi connectivity index (χ2v) is 16.2. The Morgan fingerprint density at radius 2 is 1.05 bits per heavy atom. The molecule has 0 radical (unpaired) electrons. The minimum atomic E-state index is -1.39. The number of rotatable bonds is 26. The van der Waals surface area contributed by atoms with E-state index in [1.54, 1.807) is 86.8 Å². The number of carbonyl (C=O) groups is 9. The first-order chi connectivity index (χ1) is 31.4. The number of nitrogens with two attached hydrogens (primary N) is 2. The maximum Gasteiger partial charge on any atom is 0.303 e. The third kappa shape index (κ3) is 15.9. The van der Waals surface area contributed by atoms with E-state index in [9.17, 15) is 48.3 Å². The monoisotopic (exact) mass is 909 g/mol. The quantitative estimate of drug-likeness (QED) is 0.0422. The minimum absolute atomic E-state index is 0.0747. The van der Waals surface area contributed by atoms with Crippen LogP contribution in [0, 0.1) is 5.92 Å². The normalized spacial score (nSPS) is 14.2. The number of aromatic nitrogens is 1. The SMILES string of the molecule is CC[C@H](C)[C@H](NC(=O)[C@H](CCC(N)=O)NC(=O)[C@H](Cc1ccccc1)NC(C)=O)C(=O)N[C@@H](Cc1c[nH]c2ccccc12)C(=O)N[C@@H](Cc1ccccc1)C(=O)N[C@@H](CCC(=O)O)C(N)=O. The fraction of sp³-hybridized carbons (Fsp3) is 0.383. The Bertz CT molecular complexity index is 2340. The Balaban J connectivity index is 1.65. The van der Waals surface area contributed by atoms with Gasteiger partial charge in [-0.15, -0.1) is 0 Å². The van der Waals surface area contributed by atoms with Crippen LogP contribution in [-0.4, -0.2) is 99.6 Å². The summed E-state index contributed by atoms with van der Waals surface area (Å²) in [5.41, 5.74) is 13.7. The van der Waals surface area contributed by atoms with E-state index in [1.807, 2.05) is 18.2 Å². The third-order valence-electron chi connectivity index (χ3n) is 11.0. The lowest BCUT2D eigenvalue weighted by Crippen LogP contribution is -2.61.